The van der Waals surface area contributed by atoms with E-state index in [0.29, 0.717) is 5.56 Å². The Bertz CT molecular complexity index is 1210. The van der Waals surface area contributed by atoms with Gasteiger partial charge in [0.15, 0.2) is 0 Å². The van der Waals surface area contributed by atoms with E-state index in [1.54, 1.807) is 35.0 Å². The zero-order valence-corrected chi connectivity index (χ0v) is 15.9. The number of imide groups is 2. The van der Waals surface area contributed by atoms with Crippen LogP contribution in [0.15, 0.2) is 66.4 Å². The number of primary amides is 1. The molecule has 3 N–H and O–H groups in total. The summed E-state index contributed by atoms with van der Waals surface area (Å²) >= 11 is 0. The van der Waals surface area contributed by atoms with Crippen molar-refractivity contribution < 1.29 is 19.2 Å². The van der Waals surface area contributed by atoms with Crippen molar-refractivity contribution in [3.8, 4) is 0 Å². The first kappa shape index (κ1) is 19.1. The molecule has 0 saturated carbocycles. The number of para-hydroxylation sites is 1. The zero-order valence-electron chi connectivity index (χ0n) is 15.9. The standard InChI is InChI=1S/C22H18N4O4/c23-19(27)13-25-12-15(16-8-4-5-9-18(16)25)10-17-20(28)24-22(30)26(21(17)29)11-14-6-2-1-3-7-14/h1-10,12H,11,13H2,(H2,23,27)(H,24,28,30). The van der Waals surface area contributed by atoms with E-state index in [1.807, 2.05) is 30.3 Å². The van der Waals surface area contributed by atoms with Crippen LogP contribution >= 0.6 is 0 Å². The van der Waals surface area contributed by atoms with Crippen LogP contribution in [0, 0.1) is 0 Å². The van der Waals surface area contributed by atoms with Crippen LogP contribution < -0.4 is 11.1 Å². The van der Waals surface area contributed by atoms with Crippen LogP contribution in [0.1, 0.15) is 11.1 Å². The van der Waals surface area contributed by atoms with E-state index in [9.17, 15) is 19.2 Å². The summed E-state index contributed by atoms with van der Waals surface area (Å²) in [4.78, 5) is 50.0. The lowest BCUT2D eigenvalue weighted by Crippen LogP contribution is -2.53. The van der Waals surface area contributed by atoms with Crippen LogP contribution in [0.2, 0.25) is 0 Å². The van der Waals surface area contributed by atoms with Crippen LogP contribution in [-0.4, -0.2) is 33.2 Å². The summed E-state index contributed by atoms with van der Waals surface area (Å²) in [6.45, 7) is 0.00199. The molecule has 8 nitrogen and oxygen atoms in total. The zero-order chi connectivity index (χ0) is 21.3. The number of barbiturate groups is 1. The maximum absolute atomic E-state index is 13.0. The molecule has 30 heavy (non-hydrogen) atoms. The number of hydrogen-bond acceptors (Lipinski definition) is 4. The summed E-state index contributed by atoms with van der Waals surface area (Å²) in [6.07, 6.45) is 3.09. The third kappa shape index (κ3) is 3.58. The van der Waals surface area contributed by atoms with Crippen LogP contribution in [0.5, 0.6) is 0 Å². The lowest BCUT2D eigenvalue weighted by atomic mass is 10.1. The second kappa shape index (κ2) is 7.67. The van der Waals surface area contributed by atoms with E-state index in [4.69, 9.17) is 5.73 Å². The highest BCUT2D eigenvalue weighted by molar-refractivity contribution is 6.31. The van der Waals surface area contributed by atoms with Crippen molar-refractivity contribution in [3.05, 3.63) is 77.5 Å². The molecule has 150 valence electrons. The maximum Gasteiger partial charge on any atom is 0.331 e. The van der Waals surface area contributed by atoms with Gasteiger partial charge in [-0.25, -0.2) is 4.79 Å². The van der Waals surface area contributed by atoms with Gasteiger partial charge in [-0.2, -0.15) is 0 Å². The molecular formula is C22H18N4O4. The third-order valence-electron chi connectivity index (χ3n) is 4.81. The Morgan fingerprint density at radius 1 is 1.00 bits per heavy atom. The van der Waals surface area contributed by atoms with Crippen molar-refractivity contribution in [3.63, 3.8) is 0 Å². The van der Waals surface area contributed by atoms with Crippen LogP contribution in [0.3, 0.4) is 0 Å². The van der Waals surface area contributed by atoms with Crippen molar-refractivity contribution in [2.24, 2.45) is 5.73 Å². The number of fused-ring (bicyclic) bond motifs is 1. The van der Waals surface area contributed by atoms with Crippen LogP contribution in [-0.2, 0) is 27.5 Å². The molecule has 3 aromatic rings. The highest BCUT2D eigenvalue weighted by Crippen LogP contribution is 2.25. The largest absolute Gasteiger partial charge is 0.368 e. The number of nitrogens with two attached hydrogens (primary N) is 1. The van der Waals surface area contributed by atoms with Gasteiger partial charge in [0.2, 0.25) is 5.91 Å². The van der Waals surface area contributed by atoms with E-state index >= 15 is 0 Å². The van der Waals surface area contributed by atoms with Gasteiger partial charge in [-0.3, -0.25) is 24.6 Å². The fourth-order valence-electron chi connectivity index (χ4n) is 3.45. The van der Waals surface area contributed by atoms with Gasteiger partial charge in [-0.15, -0.1) is 0 Å². The molecular weight excluding hydrogens is 384 g/mol. The quantitative estimate of drug-likeness (QED) is 0.500. The molecule has 1 saturated heterocycles. The Balaban J connectivity index is 1.73. The number of nitrogens with zero attached hydrogens (tertiary/aromatic N) is 2. The predicted octanol–water partition coefficient (Wildman–Crippen LogP) is 1.79. The van der Waals surface area contributed by atoms with Gasteiger partial charge < -0.3 is 10.3 Å². The number of rotatable bonds is 5. The number of hydrogen-bond donors (Lipinski definition) is 2. The number of urea groups is 1. The van der Waals surface area contributed by atoms with Gasteiger partial charge in [0.25, 0.3) is 11.8 Å². The molecule has 5 amide bonds. The van der Waals surface area contributed by atoms with Crippen molar-refractivity contribution in [2.75, 3.05) is 0 Å². The summed E-state index contributed by atoms with van der Waals surface area (Å²) in [5.41, 5.74) is 7.23. The predicted molar refractivity (Wildman–Crippen MR) is 110 cm³/mol. The van der Waals surface area contributed by atoms with Crippen molar-refractivity contribution in [1.82, 2.24) is 14.8 Å². The van der Waals surface area contributed by atoms with Crippen molar-refractivity contribution in [2.45, 2.75) is 13.1 Å². The lowest BCUT2D eigenvalue weighted by Gasteiger charge is -2.26. The first-order valence-corrected chi connectivity index (χ1v) is 9.23. The second-order valence-corrected chi connectivity index (χ2v) is 6.89. The average Bonchev–Trinajstić information content (AvgIpc) is 3.06. The summed E-state index contributed by atoms with van der Waals surface area (Å²) in [7, 11) is 0. The monoisotopic (exact) mass is 402 g/mol. The van der Waals surface area contributed by atoms with Gasteiger partial charge in [-0.05, 0) is 17.7 Å². The molecule has 1 aliphatic rings. The van der Waals surface area contributed by atoms with E-state index in [2.05, 4.69) is 5.32 Å². The van der Waals surface area contributed by atoms with Gasteiger partial charge in [0.05, 0.1) is 6.54 Å². The number of carbonyl (C=O) groups is 4. The number of carbonyl (C=O) groups excluding carboxylic acids is 4. The van der Waals surface area contributed by atoms with Crippen molar-refractivity contribution >= 4 is 40.7 Å². The molecule has 1 fully saturated rings. The molecule has 1 aliphatic heterocycles. The Morgan fingerprint density at radius 3 is 2.43 bits per heavy atom. The molecule has 2 heterocycles. The topological polar surface area (TPSA) is 114 Å². The number of benzene rings is 2. The normalized spacial score (nSPS) is 15.7. The molecule has 0 aliphatic carbocycles. The Hall–Kier alpha value is -4.20. The molecule has 0 atom stereocenters. The summed E-state index contributed by atoms with van der Waals surface area (Å²) in [5.74, 6) is -1.96. The van der Waals surface area contributed by atoms with E-state index in [-0.39, 0.29) is 18.7 Å². The molecule has 0 spiro atoms. The van der Waals surface area contributed by atoms with Gasteiger partial charge in [0, 0.05) is 22.7 Å². The van der Waals surface area contributed by atoms with Gasteiger partial charge >= 0.3 is 6.03 Å². The minimum Gasteiger partial charge on any atom is -0.368 e. The molecule has 1 aromatic heterocycles. The van der Waals surface area contributed by atoms with E-state index in [0.717, 1.165) is 21.4 Å². The van der Waals surface area contributed by atoms with Crippen LogP contribution in [0.4, 0.5) is 4.79 Å². The Morgan fingerprint density at radius 2 is 1.70 bits per heavy atom. The number of amides is 5. The highest BCUT2D eigenvalue weighted by atomic mass is 16.2. The molecule has 0 bridgehead atoms. The van der Waals surface area contributed by atoms with Crippen molar-refractivity contribution in [1.29, 1.82) is 0 Å². The smallest absolute Gasteiger partial charge is 0.331 e. The SMILES string of the molecule is NC(=O)Cn1cc(C=C2C(=O)NC(=O)N(Cc3ccccc3)C2=O)c2ccccc21. The molecule has 0 radical (unpaired) electrons. The van der Waals surface area contributed by atoms with E-state index < -0.39 is 23.8 Å². The molecule has 8 heteroatoms. The van der Waals surface area contributed by atoms with Gasteiger partial charge in [-0.1, -0.05) is 48.5 Å². The summed E-state index contributed by atoms with van der Waals surface area (Å²) in [5, 5.41) is 2.96. The Labute approximate surface area is 171 Å². The molecule has 2 aromatic carbocycles. The summed E-state index contributed by atoms with van der Waals surface area (Å²) < 4.78 is 1.65. The number of aromatic nitrogens is 1. The third-order valence-corrected chi connectivity index (χ3v) is 4.81. The van der Waals surface area contributed by atoms with Gasteiger partial charge in [0.1, 0.15) is 12.1 Å². The minimum absolute atomic E-state index is 0.0392. The fraction of sp³-hybridized carbons (Fsp3) is 0.0909. The second-order valence-electron chi connectivity index (χ2n) is 6.89. The number of nitrogens with one attached hydrogen (secondary N) is 1. The average molecular weight is 402 g/mol. The molecule has 0 unspecified atom stereocenters. The summed E-state index contributed by atoms with van der Waals surface area (Å²) in [6, 6.07) is 15.5. The Kier molecular flexibility index (Phi) is 4.89. The first-order chi connectivity index (χ1) is 14.4. The first-order valence-electron chi connectivity index (χ1n) is 9.23. The minimum atomic E-state index is -0.763. The maximum atomic E-state index is 13.0. The van der Waals surface area contributed by atoms with Crippen LogP contribution in [0.25, 0.3) is 17.0 Å². The molecule has 4 rings (SSSR count). The lowest BCUT2D eigenvalue weighted by molar-refractivity contribution is -0.130. The highest BCUT2D eigenvalue weighted by Gasteiger charge is 2.35. The van der Waals surface area contributed by atoms with E-state index in [1.165, 1.54) is 6.08 Å². The fourth-order valence-corrected chi connectivity index (χ4v) is 3.45.